The van der Waals surface area contributed by atoms with E-state index in [4.69, 9.17) is 0 Å². The van der Waals surface area contributed by atoms with Crippen LogP contribution in [0.1, 0.15) is 45.2 Å². The maximum Gasteiger partial charge on any atom is 0.185 e. The molecule has 0 fully saturated rings. The molecule has 0 saturated heterocycles. The van der Waals surface area contributed by atoms with E-state index in [-0.39, 0.29) is 10.5 Å². The number of carbonyl (C=O) groups is 1. The van der Waals surface area contributed by atoms with Crippen molar-refractivity contribution in [3.05, 3.63) is 41.5 Å². The number of thioether (sulfide) groups is 1. The lowest BCUT2D eigenvalue weighted by molar-refractivity contribution is -0.109. The molecule has 0 atom stereocenters. The summed E-state index contributed by atoms with van der Waals surface area (Å²) in [6.07, 6.45) is 5.18. The smallest absolute Gasteiger partial charge is 0.185 e. The monoisotopic (exact) mass is 262 g/mol. The molecular weight excluding hydrogens is 240 g/mol. The second-order valence-electron chi connectivity index (χ2n) is 5.40. The van der Waals surface area contributed by atoms with Gasteiger partial charge in [0, 0.05) is 12.7 Å². The second-order valence-corrected chi connectivity index (χ2v) is 6.67. The molecule has 1 nitrogen and oxygen atoms in total. The Hall–Kier alpha value is -1.02. The highest BCUT2D eigenvalue weighted by Gasteiger charge is 2.12. The molecule has 1 aromatic carbocycles. The summed E-state index contributed by atoms with van der Waals surface area (Å²) in [6.45, 7) is 8.27. The number of hydrogen-bond acceptors (Lipinski definition) is 2. The minimum absolute atomic E-state index is 0.193. The van der Waals surface area contributed by atoms with Crippen molar-refractivity contribution in [2.24, 2.45) is 0 Å². The summed E-state index contributed by atoms with van der Waals surface area (Å²) in [5, 5.41) is 0.193. The van der Waals surface area contributed by atoms with E-state index in [0.29, 0.717) is 0 Å². The summed E-state index contributed by atoms with van der Waals surface area (Å²) < 4.78 is 0. The minimum Gasteiger partial charge on any atom is -0.288 e. The third-order valence-electron chi connectivity index (χ3n) is 2.68. The van der Waals surface area contributed by atoms with Gasteiger partial charge in [-0.05, 0) is 23.0 Å². The van der Waals surface area contributed by atoms with Crippen LogP contribution in [0.4, 0.5) is 0 Å². The van der Waals surface area contributed by atoms with Crippen molar-refractivity contribution in [3.63, 3.8) is 0 Å². The zero-order chi connectivity index (χ0) is 13.6. The van der Waals surface area contributed by atoms with Crippen LogP contribution < -0.4 is 0 Å². The molecule has 1 rings (SSSR count). The molecule has 0 amide bonds. The van der Waals surface area contributed by atoms with Crippen molar-refractivity contribution in [1.29, 1.82) is 0 Å². The standard InChI is InChI=1S/C16H22OS/c1-13(17)18-12-6-5-7-14-8-10-15(11-9-14)16(2,3)4/h5,7-11H,6,12H2,1-4H3. The molecule has 0 unspecified atom stereocenters. The zero-order valence-electron chi connectivity index (χ0n) is 11.7. The van der Waals surface area contributed by atoms with E-state index in [2.05, 4.69) is 57.2 Å². The topological polar surface area (TPSA) is 17.1 Å². The Balaban J connectivity index is 2.49. The van der Waals surface area contributed by atoms with Crippen molar-refractivity contribution >= 4 is 23.0 Å². The average Bonchev–Trinajstić information content (AvgIpc) is 2.27. The minimum atomic E-state index is 0.193. The summed E-state index contributed by atoms with van der Waals surface area (Å²) in [5.41, 5.74) is 2.78. The van der Waals surface area contributed by atoms with E-state index < -0.39 is 0 Å². The van der Waals surface area contributed by atoms with Crippen LogP contribution in [0.5, 0.6) is 0 Å². The van der Waals surface area contributed by atoms with Crippen LogP contribution in [0.3, 0.4) is 0 Å². The second kappa shape index (κ2) is 6.79. The number of hydrogen-bond donors (Lipinski definition) is 0. The van der Waals surface area contributed by atoms with Gasteiger partial charge in [0.2, 0.25) is 0 Å². The number of carbonyl (C=O) groups excluding carboxylic acids is 1. The fraction of sp³-hybridized carbons (Fsp3) is 0.438. The molecule has 0 spiro atoms. The fourth-order valence-electron chi connectivity index (χ4n) is 1.58. The van der Waals surface area contributed by atoms with Crippen LogP contribution in [-0.2, 0) is 10.2 Å². The van der Waals surface area contributed by atoms with E-state index in [0.717, 1.165) is 12.2 Å². The van der Waals surface area contributed by atoms with E-state index in [1.807, 2.05) is 0 Å². The van der Waals surface area contributed by atoms with Gasteiger partial charge >= 0.3 is 0 Å². The predicted molar refractivity (Wildman–Crippen MR) is 81.9 cm³/mol. The normalized spacial score (nSPS) is 12.0. The number of rotatable bonds is 4. The first kappa shape index (κ1) is 15.0. The van der Waals surface area contributed by atoms with Gasteiger partial charge in [0.1, 0.15) is 0 Å². The van der Waals surface area contributed by atoms with Gasteiger partial charge in [-0.1, -0.05) is 69.0 Å². The summed E-state index contributed by atoms with van der Waals surface area (Å²) in [7, 11) is 0. The lowest BCUT2D eigenvalue weighted by Gasteiger charge is -2.18. The molecule has 98 valence electrons. The summed E-state index contributed by atoms with van der Waals surface area (Å²) >= 11 is 1.38. The van der Waals surface area contributed by atoms with E-state index in [1.165, 1.54) is 22.9 Å². The Bertz CT molecular complexity index is 410. The molecule has 0 N–H and O–H groups in total. The van der Waals surface area contributed by atoms with Crippen LogP contribution in [0.25, 0.3) is 6.08 Å². The van der Waals surface area contributed by atoms with Crippen LogP contribution in [0.15, 0.2) is 30.3 Å². The fourth-order valence-corrected chi connectivity index (χ4v) is 2.13. The van der Waals surface area contributed by atoms with Crippen LogP contribution >= 0.6 is 11.8 Å². The summed E-state index contributed by atoms with van der Waals surface area (Å²) in [6, 6.07) is 8.67. The first-order chi connectivity index (χ1) is 8.39. The molecule has 0 radical (unpaired) electrons. The van der Waals surface area contributed by atoms with Gasteiger partial charge < -0.3 is 0 Å². The third kappa shape index (κ3) is 5.54. The Morgan fingerprint density at radius 1 is 1.22 bits per heavy atom. The van der Waals surface area contributed by atoms with E-state index in [1.54, 1.807) is 6.92 Å². The first-order valence-electron chi connectivity index (χ1n) is 6.30. The quantitative estimate of drug-likeness (QED) is 0.734. The van der Waals surface area contributed by atoms with Gasteiger partial charge in [0.15, 0.2) is 5.12 Å². The Morgan fingerprint density at radius 3 is 2.33 bits per heavy atom. The predicted octanol–water partition coefficient (Wildman–Crippen LogP) is 4.67. The Labute approximate surface area is 115 Å². The van der Waals surface area contributed by atoms with E-state index >= 15 is 0 Å². The molecule has 18 heavy (non-hydrogen) atoms. The largest absolute Gasteiger partial charge is 0.288 e. The molecule has 1 aromatic rings. The SMILES string of the molecule is CC(=O)SCCC=Cc1ccc(C(C)(C)C)cc1. The lowest BCUT2D eigenvalue weighted by atomic mass is 9.87. The van der Waals surface area contributed by atoms with Crippen LogP contribution in [0.2, 0.25) is 0 Å². The molecule has 0 heterocycles. The van der Waals surface area contributed by atoms with Crippen molar-refractivity contribution in [2.75, 3.05) is 5.75 Å². The highest BCUT2D eigenvalue weighted by molar-refractivity contribution is 8.13. The molecule has 0 saturated carbocycles. The molecule has 0 bridgehead atoms. The molecular formula is C16H22OS. The maximum atomic E-state index is 10.7. The molecule has 0 aromatic heterocycles. The molecule has 0 aliphatic rings. The number of allylic oxidation sites excluding steroid dienone is 1. The van der Waals surface area contributed by atoms with Crippen LogP contribution in [0, 0.1) is 0 Å². The van der Waals surface area contributed by atoms with Crippen molar-refractivity contribution in [3.8, 4) is 0 Å². The van der Waals surface area contributed by atoms with Gasteiger partial charge in [-0.3, -0.25) is 4.79 Å². The molecule has 0 aliphatic carbocycles. The molecule has 2 heteroatoms. The van der Waals surface area contributed by atoms with Crippen molar-refractivity contribution in [2.45, 2.75) is 39.5 Å². The van der Waals surface area contributed by atoms with Gasteiger partial charge in [-0.2, -0.15) is 0 Å². The Kier molecular flexibility index (Phi) is 5.67. The van der Waals surface area contributed by atoms with Gasteiger partial charge in [0.05, 0.1) is 0 Å². The highest BCUT2D eigenvalue weighted by Crippen LogP contribution is 2.22. The van der Waals surface area contributed by atoms with E-state index in [9.17, 15) is 4.79 Å². The van der Waals surface area contributed by atoms with Gasteiger partial charge in [0.25, 0.3) is 0 Å². The lowest BCUT2D eigenvalue weighted by Crippen LogP contribution is -2.10. The van der Waals surface area contributed by atoms with Gasteiger partial charge in [-0.25, -0.2) is 0 Å². The average molecular weight is 262 g/mol. The maximum absolute atomic E-state index is 10.7. The van der Waals surface area contributed by atoms with Crippen LogP contribution in [-0.4, -0.2) is 10.9 Å². The Morgan fingerprint density at radius 2 is 1.83 bits per heavy atom. The van der Waals surface area contributed by atoms with Crippen molar-refractivity contribution in [1.82, 2.24) is 0 Å². The number of benzene rings is 1. The van der Waals surface area contributed by atoms with Crippen molar-refractivity contribution < 1.29 is 4.79 Å². The zero-order valence-corrected chi connectivity index (χ0v) is 12.5. The highest BCUT2D eigenvalue weighted by atomic mass is 32.2. The third-order valence-corrected chi connectivity index (χ3v) is 3.52. The summed E-state index contributed by atoms with van der Waals surface area (Å²) in [5.74, 6) is 0.867. The van der Waals surface area contributed by atoms with Gasteiger partial charge in [-0.15, -0.1) is 0 Å². The first-order valence-corrected chi connectivity index (χ1v) is 7.28. The molecule has 0 aliphatic heterocycles. The summed E-state index contributed by atoms with van der Waals surface area (Å²) in [4.78, 5) is 10.7.